The lowest BCUT2D eigenvalue weighted by atomic mass is 10.1. The van der Waals surface area contributed by atoms with Crippen LogP contribution in [0.2, 0.25) is 0 Å². The van der Waals surface area contributed by atoms with Crippen molar-refractivity contribution in [2.75, 3.05) is 5.32 Å². The van der Waals surface area contributed by atoms with Crippen molar-refractivity contribution in [2.24, 2.45) is 10.2 Å². The molecule has 146 valence electrons. The Hall–Kier alpha value is -3.91. The van der Waals surface area contributed by atoms with Gasteiger partial charge in [0.15, 0.2) is 11.4 Å². The summed E-state index contributed by atoms with van der Waals surface area (Å²) in [4.78, 5) is 19.1. The molecule has 2 aromatic heterocycles. The molecule has 11 heteroatoms. The third kappa shape index (κ3) is 4.33. The zero-order valence-electron chi connectivity index (χ0n) is 15.2. The van der Waals surface area contributed by atoms with Gasteiger partial charge in [0.1, 0.15) is 12.4 Å². The van der Waals surface area contributed by atoms with Crippen LogP contribution in [0.25, 0.3) is 15.7 Å². The predicted octanol–water partition coefficient (Wildman–Crippen LogP) is 4.84. The number of anilines is 1. The minimum Gasteiger partial charge on any atom is -0.506 e. The number of ether oxygens (including phenoxy) is 1. The Morgan fingerprint density at radius 1 is 1.45 bits per heavy atom. The molecule has 0 aliphatic rings. The highest BCUT2D eigenvalue weighted by atomic mass is 32.1. The van der Waals surface area contributed by atoms with Crippen molar-refractivity contribution in [2.45, 2.75) is 20.0 Å². The molecule has 0 spiro atoms. The monoisotopic (exact) mass is 409 g/mol. The zero-order valence-corrected chi connectivity index (χ0v) is 16.0. The van der Waals surface area contributed by atoms with E-state index in [0.717, 1.165) is 17.9 Å². The number of aromatic hydroxyl groups is 1. The molecule has 0 fully saturated rings. The first-order valence-corrected chi connectivity index (χ1v) is 9.13. The van der Waals surface area contributed by atoms with E-state index in [0.29, 0.717) is 32.8 Å². The van der Waals surface area contributed by atoms with E-state index >= 15 is 0 Å². The minimum absolute atomic E-state index is 0.0136. The standard InChI is InChI=1S/C18H15N7O3S/c1-3-16(27)22-13-5-12(10(4-15(13)26)8-28-9-19)23-24-18-11-6-21-7-14(20-2)17(11)25-29-18/h4-7,9,19,26H,3,8H2,1H3,(H,22,27)/b19-9?,24-23+. The van der Waals surface area contributed by atoms with E-state index in [4.69, 9.17) is 16.7 Å². The number of nitrogens with zero attached hydrogens (tertiary/aromatic N) is 5. The van der Waals surface area contributed by atoms with E-state index in [1.807, 2.05) is 0 Å². The number of carbonyl (C=O) groups excluding carboxylic acids is 1. The van der Waals surface area contributed by atoms with Gasteiger partial charge in [-0.25, -0.2) is 9.22 Å². The SMILES string of the molecule is [C-]#[N+]c1cncc2c(/N=N/c3cc(NC(=O)CC)c(O)cc3COC=N)snc12. The molecule has 0 bridgehead atoms. The first-order chi connectivity index (χ1) is 14.1. The van der Waals surface area contributed by atoms with Crippen LogP contribution in [0.4, 0.5) is 22.1 Å². The van der Waals surface area contributed by atoms with Crippen LogP contribution in [0.1, 0.15) is 18.9 Å². The number of aromatic nitrogens is 2. The van der Waals surface area contributed by atoms with Crippen LogP contribution >= 0.6 is 11.5 Å². The van der Waals surface area contributed by atoms with Crippen LogP contribution in [0, 0.1) is 12.0 Å². The number of phenols is 1. The minimum atomic E-state index is -0.266. The van der Waals surface area contributed by atoms with Crippen molar-refractivity contribution in [3.63, 3.8) is 0 Å². The van der Waals surface area contributed by atoms with Crippen molar-refractivity contribution >= 4 is 56.8 Å². The maximum absolute atomic E-state index is 11.7. The van der Waals surface area contributed by atoms with Crippen LogP contribution in [0.5, 0.6) is 5.75 Å². The van der Waals surface area contributed by atoms with Crippen LogP contribution in [0.15, 0.2) is 34.8 Å². The second-order valence-electron chi connectivity index (χ2n) is 5.68. The summed E-state index contributed by atoms with van der Waals surface area (Å²) in [6, 6.07) is 2.87. The second kappa shape index (κ2) is 8.85. The average molecular weight is 409 g/mol. The zero-order chi connectivity index (χ0) is 20.8. The van der Waals surface area contributed by atoms with Gasteiger partial charge in [0.25, 0.3) is 0 Å². The number of fused-ring (bicyclic) bond motifs is 1. The molecule has 10 nitrogen and oxygen atoms in total. The van der Waals surface area contributed by atoms with Crippen molar-refractivity contribution in [3.05, 3.63) is 41.5 Å². The van der Waals surface area contributed by atoms with Gasteiger partial charge in [-0.05, 0) is 23.7 Å². The number of benzene rings is 1. The van der Waals surface area contributed by atoms with Crippen molar-refractivity contribution in [1.82, 2.24) is 9.36 Å². The summed E-state index contributed by atoms with van der Waals surface area (Å²) in [7, 11) is 0. The first kappa shape index (κ1) is 19.8. The highest BCUT2D eigenvalue weighted by Crippen LogP contribution is 2.38. The number of hydrogen-bond donors (Lipinski definition) is 3. The second-order valence-corrected chi connectivity index (χ2v) is 6.43. The highest BCUT2D eigenvalue weighted by Gasteiger charge is 2.13. The summed E-state index contributed by atoms with van der Waals surface area (Å²) >= 11 is 1.08. The first-order valence-electron chi connectivity index (χ1n) is 8.36. The van der Waals surface area contributed by atoms with Crippen LogP contribution < -0.4 is 5.32 Å². The molecule has 0 aliphatic heterocycles. The summed E-state index contributed by atoms with van der Waals surface area (Å²) < 4.78 is 9.22. The average Bonchev–Trinajstić information content (AvgIpc) is 3.15. The molecule has 1 amide bonds. The number of nitrogens with one attached hydrogen (secondary N) is 2. The van der Waals surface area contributed by atoms with Gasteiger partial charge in [-0.1, -0.05) is 6.92 Å². The lowest BCUT2D eigenvalue weighted by molar-refractivity contribution is -0.115. The van der Waals surface area contributed by atoms with E-state index in [-0.39, 0.29) is 30.4 Å². The molecule has 0 aliphatic carbocycles. The Kier molecular flexibility index (Phi) is 6.06. The third-order valence-corrected chi connectivity index (χ3v) is 4.58. The Morgan fingerprint density at radius 2 is 2.28 bits per heavy atom. The van der Waals surface area contributed by atoms with Gasteiger partial charge in [0.05, 0.1) is 23.5 Å². The van der Waals surface area contributed by atoms with Crippen molar-refractivity contribution in [1.29, 1.82) is 5.41 Å². The van der Waals surface area contributed by atoms with Crippen LogP contribution in [-0.2, 0) is 16.1 Å². The van der Waals surface area contributed by atoms with Gasteiger partial charge >= 0.3 is 0 Å². The quantitative estimate of drug-likeness (QED) is 0.169. The number of carbonyl (C=O) groups is 1. The number of amides is 1. The summed E-state index contributed by atoms with van der Waals surface area (Å²) in [5.41, 5.74) is 1.83. The molecular formula is C18H15N7O3S. The third-order valence-electron chi connectivity index (χ3n) is 3.84. The van der Waals surface area contributed by atoms with Crippen LogP contribution in [-0.4, -0.2) is 26.8 Å². The van der Waals surface area contributed by atoms with E-state index < -0.39 is 0 Å². The van der Waals surface area contributed by atoms with E-state index in [2.05, 4.69) is 29.7 Å². The Balaban J connectivity index is 2.02. The highest BCUT2D eigenvalue weighted by molar-refractivity contribution is 7.11. The summed E-state index contributed by atoms with van der Waals surface area (Å²) in [5, 5.41) is 29.3. The van der Waals surface area contributed by atoms with Gasteiger partial charge in [-0.2, -0.15) is 0 Å². The molecule has 2 heterocycles. The molecule has 0 saturated carbocycles. The Bertz CT molecular complexity index is 1150. The summed E-state index contributed by atoms with van der Waals surface area (Å²) in [6.07, 6.45) is 4.02. The fourth-order valence-corrected chi connectivity index (χ4v) is 3.08. The molecule has 0 unspecified atom stereocenters. The van der Waals surface area contributed by atoms with Gasteiger partial charge in [-0.15, -0.1) is 10.2 Å². The van der Waals surface area contributed by atoms with E-state index in [9.17, 15) is 9.90 Å². The van der Waals surface area contributed by atoms with Crippen molar-refractivity contribution in [3.8, 4) is 5.75 Å². The molecular weight excluding hydrogens is 394 g/mol. The summed E-state index contributed by atoms with van der Waals surface area (Å²) in [5.74, 6) is -0.415. The molecule has 0 atom stereocenters. The van der Waals surface area contributed by atoms with Crippen molar-refractivity contribution < 1.29 is 14.6 Å². The largest absolute Gasteiger partial charge is 0.506 e. The number of pyridine rings is 1. The molecule has 3 rings (SSSR count). The van der Waals surface area contributed by atoms with Crippen LogP contribution in [0.3, 0.4) is 0 Å². The number of rotatable bonds is 7. The number of hydrogen-bond acceptors (Lipinski definition) is 9. The fourth-order valence-electron chi connectivity index (χ4n) is 2.39. The van der Waals surface area contributed by atoms with E-state index in [1.54, 1.807) is 13.1 Å². The molecule has 0 saturated heterocycles. The molecule has 1 aromatic carbocycles. The maximum Gasteiger partial charge on any atom is 0.231 e. The smallest absolute Gasteiger partial charge is 0.231 e. The number of azo groups is 1. The van der Waals surface area contributed by atoms with Gasteiger partial charge in [0, 0.05) is 29.8 Å². The molecule has 3 aromatic rings. The normalized spacial score (nSPS) is 10.8. The topological polar surface area (TPSA) is 137 Å². The molecule has 29 heavy (non-hydrogen) atoms. The lowest BCUT2D eigenvalue weighted by Gasteiger charge is -2.11. The number of phenolic OH excluding ortho intramolecular Hbond substituents is 1. The van der Waals surface area contributed by atoms with Gasteiger partial charge in [0.2, 0.25) is 11.6 Å². The predicted molar refractivity (Wildman–Crippen MR) is 108 cm³/mol. The Morgan fingerprint density at radius 3 is 3.00 bits per heavy atom. The Labute approximate surface area is 169 Å². The lowest BCUT2D eigenvalue weighted by Crippen LogP contribution is -2.09. The maximum atomic E-state index is 11.7. The molecule has 0 radical (unpaired) electrons. The molecule has 3 N–H and O–H groups in total. The summed E-state index contributed by atoms with van der Waals surface area (Å²) in [6.45, 7) is 8.87. The van der Waals surface area contributed by atoms with E-state index in [1.165, 1.54) is 18.3 Å². The van der Waals surface area contributed by atoms with Gasteiger partial charge < -0.3 is 15.2 Å². The van der Waals surface area contributed by atoms with Gasteiger partial charge in [-0.3, -0.25) is 15.2 Å². The fraction of sp³-hybridized carbons (Fsp3) is 0.167.